The molecule has 1 fully saturated rings. The largest absolute Gasteiger partial charge is 0.494 e. The Morgan fingerprint density at radius 3 is 2.26 bits per heavy atom. The van der Waals surface area contributed by atoms with Gasteiger partial charge in [0, 0.05) is 38.3 Å². The third-order valence-electron chi connectivity index (χ3n) is 4.97. The molecule has 1 heterocycles. The molecule has 0 saturated carbocycles. The number of ether oxygens (including phenoxy) is 1. The van der Waals surface area contributed by atoms with Crippen LogP contribution >= 0.6 is 0 Å². The van der Waals surface area contributed by atoms with Crippen LogP contribution in [0.1, 0.15) is 36.2 Å². The van der Waals surface area contributed by atoms with Gasteiger partial charge < -0.3 is 9.64 Å². The standard InChI is InChI=1S/C23H30N2O2/c1-19(2)12-17-27-22-10-8-21(9-11-22)23(26)25-15-13-24(14-16-25)18-20-6-4-3-5-7-20/h3-11,19H,12-18H2,1-2H3. The van der Waals surface area contributed by atoms with Crippen LogP contribution in [0.25, 0.3) is 0 Å². The van der Waals surface area contributed by atoms with Gasteiger partial charge in [0.2, 0.25) is 0 Å². The van der Waals surface area contributed by atoms with Crippen molar-refractivity contribution in [2.24, 2.45) is 5.92 Å². The Hall–Kier alpha value is -2.33. The average molecular weight is 367 g/mol. The minimum Gasteiger partial charge on any atom is -0.494 e. The first-order valence-corrected chi connectivity index (χ1v) is 9.90. The van der Waals surface area contributed by atoms with Crippen LogP contribution in [0.15, 0.2) is 54.6 Å². The average Bonchev–Trinajstić information content (AvgIpc) is 2.69. The molecule has 4 nitrogen and oxygen atoms in total. The molecule has 0 N–H and O–H groups in total. The highest BCUT2D eigenvalue weighted by Gasteiger charge is 2.22. The smallest absolute Gasteiger partial charge is 0.253 e. The van der Waals surface area contributed by atoms with E-state index in [1.54, 1.807) is 0 Å². The molecule has 0 aliphatic carbocycles. The molecule has 27 heavy (non-hydrogen) atoms. The lowest BCUT2D eigenvalue weighted by Crippen LogP contribution is -2.48. The molecule has 0 spiro atoms. The van der Waals surface area contributed by atoms with Crippen LogP contribution in [0.5, 0.6) is 5.75 Å². The monoisotopic (exact) mass is 366 g/mol. The van der Waals surface area contributed by atoms with E-state index in [0.717, 1.165) is 50.5 Å². The van der Waals surface area contributed by atoms with Crippen molar-refractivity contribution in [3.05, 3.63) is 65.7 Å². The van der Waals surface area contributed by atoms with E-state index in [2.05, 4.69) is 43.0 Å². The third-order valence-corrected chi connectivity index (χ3v) is 4.97. The van der Waals surface area contributed by atoms with Gasteiger partial charge in [-0.3, -0.25) is 9.69 Å². The molecule has 1 aliphatic rings. The fourth-order valence-electron chi connectivity index (χ4n) is 3.24. The summed E-state index contributed by atoms with van der Waals surface area (Å²) >= 11 is 0. The van der Waals surface area contributed by atoms with Crippen molar-refractivity contribution >= 4 is 5.91 Å². The Morgan fingerprint density at radius 1 is 0.963 bits per heavy atom. The zero-order chi connectivity index (χ0) is 19.1. The number of piperazine rings is 1. The van der Waals surface area contributed by atoms with Crippen molar-refractivity contribution in [3.63, 3.8) is 0 Å². The van der Waals surface area contributed by atoms with Crippen molar-refractivity contribution in [3.8, 4) is 5.75 Å². The summed E-state index contributed by atoms with van der Waals surface area (Å²) in [5, 5.41) is 0. The van der Waals surface area contributed by atoms with Gasteiger partial charge in [-0.15, -0.1) is 0 Å². The molecule has 0 unspecified atom stereocenters. The third kappa shape index (κ3) is 5.83. The van der Waals surface area contributed by atoms with Crippen molar-refractivity contribution in [2.45, 2.75) is 26.8 Å². The normalized spacial score (nSPS) is 15.1. The number of rotatable bonds is 7. The van der Waals surface area contributed by atoms with E-state index in [9.17, 15) is 4.79 Å². The van der Waals surface area contributed by atoms with Gasteiger partial charge in [0.15, 0.2) is 0 Å². The summed E-state index contributed by atoms with van der Waals surface area (Å²) in [4.78, 5) is 17.1. The molecule has 4 heteroatoms. The maximum Gasteiger partial charge on any atom is 0.253 e. The predicted octanol–water partition coefficient (Wildman–Crippen LogP) is 4.07. The molecule has 0 atom stereocenters. The Bertz CT molecular complexity index is 705. The molecule has 2 aromatic carbocycles. The molecule has 144 valence electrons. The van der Waals surface area contributed by atoms with E-state index in [-0.39, 0.29) is 5.91 Å². The van der Waals surface area contributed by atoms with Crippen LogP contribution in [0.4, 0.5) is 0 Å². The van der Waals surface area contributed by atoms with E-state index in [4.69, 9.17) is 4.74 Å². The maximum absolute atomic E-state index is 12.7. The summed E-state index contributed by atoms with van der Waals surface area (Å²) in [5.41, 5.74) is 2.06. The van der Waals surface area contributed by atoms with Crippen LogP contribution in [0.2, 0.25) is 0 Å². The first kappa shape index (κ1) is 19.4. The lowest BCUT2D eigenvalue weighted by molar-refractivity contribution is 0.0628. The predicted molar refractivity (Wildman–Crippen MR) is 109 cm³/mol. The Morgan fingerprint density at radius 2 is 1.63 bits per heavy atom. The molecule has 1 aliphatic heterocycles. The summed E-state index contributed by atoms with van der Waals surface area (Å²) in [5.74, 6) is 1.58. The van der Waals surface area contributed by atoms with Gasteiger partial charge in [0.05, 0.1) is 6.61 Å². The van der Waals surface area contributed by atoms with E-state index in [1.807, 2.05) is 35.2 Å². The molecule has 1 saturated heterocycles. The summed E-state index contributed by atoms with van der Waals surface area (Å²) in [6, 6.07) is 18.1. The second kappa shape index (κ2) is 9.56. The molecule has 0 radical (unpaired) electrons. The van der Waals surface area contributed by atoms with Crippen molar-refractivity contribution in [2.75, 3.05) is 32.8 Å². The van der Waals surface area contributed by atoms with Gasteiger partial charge in [0.25, 0.3) is 5.91 Å². The Labute approximate surface area is 162 Å². The van der Waals surface area contributed by atoms with Crippen LogP contribution in [-0.2, 0) is 6.54 Å². The minimum absolute atomic E-state index is 0.114. The number of amides is 1. The number of hydrogen-bond acceptors (Lipinski definition) is 3. The van der Waals surface area contributed by atoms with E-state index >= 15 is 0 Å². The van der Waals surface area contributed by atoms with E-state index < -0.39 is 0 Å². The number of carbonyl (C=O) groups is 1. The molecule has 2 aromatic rings. The van der Waals surface area contributed by atoms with Gasteiger partial charge in [-0.1, -0.05) is 44.2 Å². The van der Waals surface area contributed by atoms with Crippen LogP contribution in [-0.4, -0.2) is 48.5 Å². The number of benzene rings is 2. The first-order chi connectivity index (χ1) is 13.1. The van der Waals surface area contributed by atoms with Crippen LogP contribution < -0.4 is 4.74 Å². The minimum atomic E-state index is 0.114. The van der Waals surface area contributed by atoms with Crippen molar-refractivity contribution in [1.29, 1.82) is 0 Å². The lowest BCUT2D eigenvalue weighted by Gasteiger charge is -2.34. The van der Waals surface area contributed by atoms with Crippen LogP contribution in [0.3, 0.4) is 0 Å². The fraction of sp³-hybridized carbons (Fsp3) is 0.435. The molecule has 1 amide bonds. The first-order valence-electron chi connectivity index (χ1n) is 9.90. The van der Waals surface area contributed by atoms with Gasteiger partial charge >= 0.3 is 0 Å². The molecule has 0 bridgehead atoms. The second-order valence-electron chi connectivity index (χ2n) is 7.61. The van der Waals surface area contributed by atoms with E-state index in [0.29, 0.717) is 12.5 Å². The topological polar surface area (TPSA) is 32.8 Å². The Kier molecular flexibility index (Phi) is 6.88. The summed E-state index contributed by atoms with van der Waals surface area (Å²) in [7, 11) is 0. The van der Waals surface area contributed by atoms with Crippen LogP contribution in [0, 0.1) is 5.92 Å². The molecular weight excluding hydrogens is 336 g/mol. The molecular formula is C23H30N2O2. The highest BCUT2D eigenvalue weighted by Crippen LogP contribution is 2.16. The SMILES string of the molecule is CC(C)CCOc1ccc(C(=O)N2CCN(Cc3ccccc3)CC2)cc1. The van der Waals surface area contributed by atoms with Gasteiger partial charge in [0.1, 0.15) is 5.75 Å². The molecule has 0 aromatic heterocycles. The lowest BCUT2D eigenvalue weighted by atomic mass is 10.1. The molecule has 3 rings (SSSR count). The number of hydrogen-bond donors (Lipinski definition) is 0. The summed E-state index contributed by atoms with van der Waals surface area (Å²) in [6.45, 7) is 9.42. The number of carbonyl (C=O) groups excluding carboxylic acids is 1. The van der Waals surface area contributed by atoms with Gasteiger partial charge in [-0.05, 0) is 42.2 Å². The van der Waals surface area contributed by atoms with E-state index in [1.165, 1.54) is 5.56 Å². The Balaban J connectivity index is 1.47. The van der Waals surface area contributed by atoms with Gasteiger partial charge in [-0.2, -0.15) is 0 Å². The summed E-state index contributed by atoms with van der Waals surface area (Å²) < 4.78 is 5.74. The van der Waals surface area contributed by atoms with Gasteiger partial charge in [-0.25, -0.2) is 0 Å². The maximum atomic E-state index is 12.7. The quantitative estimate of drug-likeness (QED) is 0.740. The highest BCUT2D eigenvalue weighted by atomic mass is 16.5. The zero-order valence-corrected chi connectivity index (χ0v) is 16.4. The zero-order valence-electron chi connectivity index (χ0n) is 16.4. The second-order valence-corrected chi connectivity index (χ2v) is 7.61. The van der Waals surface area contributed by atoms with Crippen molar-refractivity contribution in [1.82, 2.24) is 9.80 Å². The summed E-state index contributed by atoms with van der Waals surface area (Å²) in [6.07, 6.45) is 1.04. The fourth-order valence-corrected chi connectivity index (χ4v) is 3.24. The number of nitrogens with zero attached hydrogens (tertiary/aromatic N) is 2. The van der Waals surface area contributed by atoms with Crippen molar-refractivity contribution < 1.29 is 9.53 Å². The highest BCUT2D eigenvalue weighted by molar-refractivity contribution is 5.94.